The van der Waals surface area contributed by atoms with E-state index in [0.29, 0.717) is 18.8 Å². The van der Waals surface area contributed by atoms with Crippen molar-refractivity contribution in [2.45, 2.75) is 13.1 Å². The average molecular weight is 378 g/mol. The molecule has 0 aromatic heterocycles. The van der Waals surface area contributed by atoms with Crippen molar-refractivity contribution in [1.82, 2.24) is 10.2 Å². The number of hydrogen-bond donors (Lipinski definition) is 1. The van der Waals surface area contributed by atoms with E-state index in [1.54, 1.807) is 21.2 Å². The van der Waals surface area contributed by atoms with E-state index in [2.05, 4.69) is 23.5 Å². The molecule has 0 aliphatic carbocycles. The lowest BCUT2D eigenvalue weighted by Gasteiger charge is -2.14. The quantitative estimate of drug-likeness (QED) is 0.651. The van der Waals surface area contributed by atoms with E-state index in [-0.39, 0.29) is 12.5 Å². The Hall–Kier alpha value is -3.05. The Morgan fingerprint density at radius 3 is 2.61 bits per heavy atom. The number of rotatable bonds is 8. The summed E-state index contributed by atoms with van der Waals surface area (Å²) in [5.41, 5.74) is 2.23. The first-order valence-electron chi connectivity index (χ1n) is 9.25. The van der Waals surface area contributed by atoms with E-state index < -0.39 is 0 Å². The number of amides is 1. The maximum Gasteiger partial charge on any atom is 0.259 e. The molecule has 3 aromatic carbocycles. The summed E-state index contributed by atoms with van der Waals surface area (Å²) in [6, 6.07) is 20.2. The third-order valence-corrected chi connectivity index (χ3v) is 4.61. The van der Waals surface area contributed by atoms with E-state index in [4.69, 9.17) is 9.47 Å². The van der Waals surface area contributed by atoms with Crippen LogP contribution in [0.4, 0.5) is 0 Å². The van der Waals surface area contributed by atoms with Crippen LogP contribution in [0, 0.1) is 0 Å². The SMILES string of the molecule is COc1ccc2ccccc2c1CNCc1cccc(OCC(=O)N(C)C)c1. The number of carbonyl (C=O) groups is 1. The van der Waals surface area contributed by atoms with Crippen LogP contribution in [-0.2, 0) is 17.9 Å². The van der Waals surface area contributed by atoms with Gasteiger partial charge in [-0.05, 0) is 34.5 Å². The second-order valence-electron chi connectivity index (χ2n) is 6.80. The van der Waals surface area contributed by atoms with Gasteiger partial charge in [0.05, 0.1) is 7.11 Å². The van der Waals surface area contributed by atoms with Crippen LogP contribution < -0.4 is 14.8 Å². The van der Waals surface area contributed by atoms with Gasteiger partial charge >= 0.3 is 0 Å². The monoisotopic (exact) mass is 378 g/mol. The van der Waals surface area contributed by atoms with Gasteiger partial charge in [-0.15, -0.1) is 0 Å². The molecule has 1 amide bonds. The van der Waals surface area contributed by atoms with Gasteiger partial charge in [-0.1, -0.05) is 42.5 Å². The summed E-state index contributed by atoms with van der Waals surface area (Å²) < 4.78 is 11.1. The second kappa shape index (κ2) is 9.24. The van der Waals surface area contributed by atoms with E-state index in [9.17, 15) is 4.79 Å². The minimum Gasteiger partial charge on any atom is -0.496 e. The number of nitrogens with zero attached hydrogens (tertiary/aromatic N) is 1. The normalized spacial score (nSPS) is 10.7. The third-order valence-electron chi connectivity index (χ3n) is 4.61. The Morgan fingerprint density at radius 2 is 1.82 bits per heavy atom. The molecule has 28 heavy (non-hydrogen) atoms. The molecular weight excluding hydrogens is 352 g/mol. The number of nitrogens with one attached hydrogen (secondary N) is 1. The van der Waals surface area contributed by atoms with Crippen LogP contribution in [0.15, 0.2) is 60.7 Å². The lowest BCUT2D eigenvalue weighted by molar-refractivity contribution is -0.130. The fourth-order valence-electron chi connectivity index (χ4n) is 3.04. The molecule has 146 valence electrons. The van der Waals surface area contributed by atoms with Crippen LogP contribution in [0.5, 0.6) is 11.5 Å². The number of likely N-dealkylation sites (N-methyl/N-ethyl adjacent to an activating group) is 1. The second-order valence-corrected chi connectivity index (χ2v) is 6.80. The summed E-state index contributed by atoms with van der Waals surface area (Å²) in [5.74, 6) is 1.51. The first-order valence-corrected chi connectivity index (χ1v) is 9.25. The Kier molecular flexibility index (Phi) is 6.50. The Labute approximate surface area is 165 Å². The summed E-state index contributed by atoms with van der Waals surface area (Å²) in [5, 5.41) is 5.87. The number of ether oxygens (including phenoxy) is 2. The van der Waals surface area contributed by atoms with Gasteiger partial charge in [0.2, 0.25) is 0 Å². The zero-order chi connectivity index (χ0) is 19.9. The zero-order valence-electron chi connectivity index (χ0n) is 16.6. The minimum absolute atomic E-state index is 0.0388. The molecule has 0 radical (unpaired) electrons. The maximum absolute atomic E-state index is 11.7. The summed E-state index contributed by atoms with van der Waals surface area (Å²) in [6.45, 7) is 1.41. The van der Waals surface area contributed by atoms with Gasteiger partial charge in [0.15, 0.2) is 6.61 Å². The molecule has 0 aliphatic rings. The first-order chi connectivity index (χ1) is 13.6. The van der Waals surface area contributed by atoms with Crippen LogP contribution in [-0.4, -0.2) is 38.6 Å². The molecule has 0 heterocycles. The smallest absolute Gasteiger partial charge is 0.259 e. The molecule has 1 N–H and O–H groups in total. The summed E-state index contributed by atoms with van der Waals surface area (Å²) in [6.07, 6.45) is 0. The van der Waals surface area contributed by atoms with Crippen LogP contribution in [0.25, 0.3) is 10.8 Å². The molecule has 0 bridgehead atoms. The van der Waals surface area contributed by atoms with E-state index in [1.807, 2.05) is 42.5 Å². The van der Waals surface area contributed by atoms with Crippen molar-refractivity contribution >= 4 is 16.7 Å². The van der Waals surface area contributed by atoms with E-state index in [0.717, 1.165) is 16.9 Å². The summed E-state index contributed by atoms with van der Waals surface area (Å²) >= 11 is 0. The molecule has 0 aliphatic heterocycles. The van der Waals surface area contributed by atoms with Crippen molar-refractivity contribution in [3.8, 4) is 11.5 Å². The Morgan fingerprint density at radius 1 is 1.00 bits per heavy atom. The lowest BCUT2D eigenvalue weighted by atomic mass is 10.0. The first kappa shape index (κ1) is 19.7. The topological polar surface area (TPSA) is 50.8 Å². The molecule has 0 fully saturated rings. The van der Waals surface area contributed by atoms with Gasteiger partial charge in [-0.25, -0.2) is 0 Å². The Bertz CT molecular complexity index is 953. The number of methoxy groups -OCH3 is 1. The maximum atomic E-state index is 11.7. The minimum atomic E-state index is -0.0634. The predicted octanol–water partition coefficient (Wildman–Crippen LogP) is 3.61. The van der Waals surface area contributed by atoms with Crippen molar-refractivity contribution in [3.05, 3.63) is 71.8 Å². The van der Waals surface area contributed by atoms with Crippen LogP contribution in [0.2, 0.25) is 0 Å². The molecule has 5 nitrogen and oxygen atoms in total. The lowest BCUT2D eigenvalue weighted by Crippen LogP contribution is -2.27. The standard InChI is InChI=1S/C23H26N2O3/c1-25(2)23(26)16-28-19-9-6-7-17(13-19)14-24-15-21-20-10-5-4-8-18(20)11-12-22(21)27-3/h4-13,24H,14-16H2,1-3H3. The predicted molar refractivity (Wildman–Crippen MR) is 112 cm³/mol. The van der Waals surface area contributed by atoms with Gasteiger partial charge in [0.1, 0.15) is 11.5 Å². The number of hydrogen-bond acceptors (Lipinski definition) is 4. The fourth-order valence-corrected chi connectivity index (χ4v) is 3.04. The molecular formula is C23H26N2O3. The van der Waals surface area contributed by atoms with Gasteiger partial charge in [0, 0.05) is 32.7 Å². The van der Waals surface area contributed by atoms with Gasteiger partial charge < -0.3 is 19.7 Å². The highest BCUT2D eigenvalue weighted by Gasteiger charge is 2.08. The Balaban J connectivity index is 1.65. The van der Waals surface area contributed by atoms with Crippen molar-refractivity contribution in [1.29, 1.82) is 0 Å². The zero-order valence-corrected chi connectivity index (χ0v) is 16.6. The molecule has 3 aromatic rings. The van der Waals surface area contributed by atoms with Crippen molar-refractivity contribution in [2.24, 2.45) is 0 Å². The van der Waals surface area contributed by atoms with Crippen LogP contribution >= 0.6 is 0 Å². The molecule has 3 rings (SSSR count). The summed E-state index contributed by atoms with van der Waals surface area (Å²) in [7, 11) is 5.13. The highest BCUT2D eigenvalue weighted by Crippen LogP contribution is 2.28. The van der Waals surface area contributed by atoms with Gasteiger partial charge in [-0.2, -0.15) is 0 Å². The molecule has 0 unspecified atom stereocenters. The summed E-state index contributed by atoms with van der Waals surface area (Å²) in [4.78, 5) is 13.2. The molecule has 0 spiro atoms. The van der Waals surface area contributed by atoms with Gasteiger partial charge in [0.25, 0.3) is 5.91 Å². The van der Waals surface area contributed by atoms with E-state index >= 15 is 0 Å². The van der Waals surface area contributed by atoms with E-state index in [1.165, 1.54) is 15.7 Å². The molecule has 5 heteroatoms. The fraction of sp³-hybridized carbons (Fsp3) is 0.261. The molecule has 0 atom stereocenters. The molecule has 0 saturated carbocycles. The molecule has 0 saturated heterocycles. The highest BCUT2D eigenvalue weighted by atomic mass is 16.5. The van der Waals surface area contributed by atoms with Crippen molar-refractivity contribution in [2.75, 3.05) is 27.8 Å². The van der Waals surface area contributed by atoms with Crippen molar-refractivity contribution in [3.63, 3.8) is 0 Å². The average Bonchev–Trinajstić information content (AvgIpc) is 2.72. The third kappa shape index (κ3) is 4.81. The largest absolute Gasteiger partial charge is 0.496 e. The number of carbonyl (C=O) groups excluding carboxylic acids is 1. The van der Waals surface area contributed by atoms with Crippen molar-refractivity contribution < 1.29 is 14.3 Å². The van der Waals surface area contributed by atoms with Gasteiger partial charge in [-0.3, -0.25) is 4.79 Å². The van der Waals surface area contributed by atoms with Crippen LogP contribution in [0.3, 0.4) is 0 Å². The highest BCUT2D eigenvalue weighted by molar-refractivity contribution is 5.87. The van der Waals surface area contributed by atoms with Crippen LogP contribution in [0.1, 0.15) is 11.1 Å². The number of fused-ring (bicyclic) bond motifs is 1. The number of benzene rings is 3.